The lowest BCUT2D eigenvalue weighted by Crippen LogP contribution is -2.29. The fraction of sp³-hybridized carbons (Fsp3) is 0.133. The summed E-state index contributed by atoms with van der Waals surface area (Å²) in [5, 5.41) is 0.634. The van der Waals surface area contributed by atoms with Crippen LogP contribution in [-0.2, 0) is 0 Å². The average Bonchev–Trinajstić information content (AvgIpc) is 2.35. The smallest absolute Gasteiger partial charge is 0.272 e. The lowest BCUT2D eigenvalue weighted by Gasteiger charge is -2.11. The molecule has 0 heterocycles. The number of rotatable bonds is 3. The first kappa shape index (κ1) is 14.7. The molecule has 0 bridgehead atoms. The Labute approximate surface area is 127 Å². The van der Waals surface area contributed by atoms with E-state index in [2.05, 4.69) is 16.9 Å². The van der Waals surface area contributed by atoms with E-state index in [0.717, 1.165) is 16.8 Å². The highest BCUT2D eigenvalue weighted by atomic mass is 35.5. The lowest BCUT2D eigenvalue weighted by molar-refractivity contribution is 0.0963. The number of anilines is 1. The van der Waals surface area contributed by atoms with Gasteiger partial charge in [-0.3, -0.25) is 15.6 Å². The fourth-order valence-electron chi connectivity index (χ4n) is 1.95. The predicted octanol–water partition coefficient (Wildman–Crippen LogP) is 4.37. The minimum Gasteiger partial charge on any atom is -0.298 e. The highest BCUT2D eigenvalue weighted by molar-refractivity contribution is 6.39. The molecule has 0 aliphatic rings. The highest BCUT2D eigenvalue weighted by Crippen LogP contribution is 2.24. The van der Waals surface area contributed by atoms with E-state index >= 15 is 0 Å². The maximum absolute atomic E-state index is 12.1. The van der Waals surface area contributed by atoms with Crippen LogP contribution in [0.5, 0.6) is 0 Å². The Hall–Kier alpha value is -1.71. The number of aryl methyl sites for hydroxylation is 2. The molecule has 1 amide bonds. The van der Waals surface area contributed by atoms with Crippen LogP contribution in [0, 0.1) is 13.8 Å². The van der Waals surface area contributed by atoms with Gasteiger partial charge in [-0.05, 0) is 49.2 Å². The Bertz CT molecular complexity index is 616. The maximum Gasteiger partial charge on any atom is 0.272 e. The van der Waals surface area contributed by atoms with Crippen molar-refractivity contribution in [3.63, 3.8) is 0 Å². The van der Waals surface area contributed by atoms with Gasteiger partial charge in [0.15, 0.2) is 0 Å². The Morgan fingerprint density at radius 2 is 1.55 bits per heavy atom. The first-order valence-electron chi connectivity index (χ1n) is 6.06. The second-order valence-electron chi connectivity index (χ2n) is 4.55. The lowest BCUT2D eigenvalue weighted by atomic mass is 10.1. The average molecular weight is 309 g/mol. The SMILES string of the molecule is Cc1cc(C)cc(NNC(=O)c2c(Cl)cccc2Cl)c1. The van der Waals surface area contributed by atoms with Gasteiger partial charge in [-0.25, -0.2) is 0 Å². The van der Waals surface area contributed by atoms with Gasteiger partial charge in [-0.2, -0.15) is 0 Å². The number of hydrazine groups is 1. The van der Waals surface area contributed by atoms with Crippen molar-refractivity contribution in [2.45, 2.75) is 13.8 Å². The summed E-state index contributed by atoms with van der Waals surface area (Å²) in [6.45, 7) is 3.98. The van der Waals surface area contributed by atoms with Crippen LogP contribution in [0.25, 0.3) is 0 Å². The molecule has 0 radical (unpaired) electrons. The number of carbonyl (C=O) groups is 1. The summed E-state index contributed by atoms with van der Waals surface area (Å²) >= 11 is 12.0. The van der Waals surface area contributed by atoms with Crippen LogP contribution in [0.1, 0.15) is 21.5 Å². The van der Waals surface area contributed by atoms with Crippen LogP contribution in [0.4, 0.5) is 5.69 Å². The highest BCUT2D eigenvalue weighted by Gasteiger charge is 2.14. The molecular weight excluding hydrogens is 295 g/mol. The maximum atomic E-state index is 12.1. The largest absolute Gasteiger partial charge is 0.298 e. The van der Waals surface area contributed by atoms with Crippen molar-refractivity contribution in [2.75, 3.05) is 5.43 Å². The molecule has 3 nitrogen and oxygen atoms in total. The molecule has 0 atom stereocenters. The second kappa shape index (κ2) is 6.16. The van der Waals surface area contributed by atoms with Crippen molar-refractivity contribution in [1.29, 1.82) is 0 Å². The molecule has 0 aromatic heterocycles. The predicted molar refractivity (Wildman–Crippen MR) is 83.5 cm³/mol. The molecule has 2 aromatic rings. The van der Waals surface area contributed by atoms with Gasteiger partial charge in [-0.1, -0.05) is 35.3 Å². The number of nitrogens with one attached hydrogen (secondary N) is 2. The monoisotopic (exact) mass is 308 g/mol. The molecule has 0 unspecified atom stereocenters. The summed E-state index contributed by atoms with van der Waals surface area (Å²) in [4.78, 5) is 12.1. The van der Waals surface area contributed by atoms with Crippen molar-refractivity contribution in [3.8, 4) is 0 Å². The van der Waals surface area contributed by atoms with Crippen LogP contribution in [0.3, 0.4) is 0 Å². The van der Waals surface area contributed by atoms with Gasteiger partial charge < -0.3 is 0 Å². The summed E-state index contributed by atoms with van der Waals surface area (Å²) in [6, 6.07) is 10.9. The standard InChI is InChI=1S/C15H14Cl2N2O/c1-9-6-10(2)8-11(7-9)18-19-15(20)14-12(16)4-3-5-13(14)17/h3-8,18H,1-2H3,(H,19,20). The third-order valence-electron chi connectivity index (χ3n) is 2.73. The molecule has 0 aliphatic heterocycles. The Morgan fingerprint density at radius 3 is 2.10 bits per heavy atom. The van der Waals surface area contributed by atoms with Gasteiger partial charge in [0.1, 0.15) is 0 Å². The molecule has 0 saturated heterocycles. The number of benzene rings is 2. The van der Waals surface area contributed by atoms with Crippen molar-refractivity contribution >= 4 is 34.8 Å². The normalized spacial score (nSPS) is 10.2. The van der Waals surface area contributed by atoms with E-state index in [1.165, 1.54) is 0 Å². The number of halogens is 2. The molecular formula is C15H14Cl2N2O. The van der Waals surface area contributed by atoms with E-state index < -0.39 is 0 Å². The van der Waals surface area contributed by atoms with E-state index in [1.54, 1.807) is 18.2 Å². The van der Waals surface area contributed by atoms with E-state index in [0.29, 0.717) is 10.0 Å². The van der Waals surface area contributed by atoms with Crippen molar-refractivity contribution < 1.29 is 4.79 Å². The number of hydrogen-bond acceptors (Lipinski definition) is 2. The van der Waals surface area contributed by atoms with Crippen LogP contribution >= 0.6 is 23.2 Å². The van der Waals surface area contributed by atoms with E-state index in [9.17, 15) is 4.79 Å². The molecule has 0 spiro atoms. The molecule has 0 aliphatic carbocycles. The number of carbonyl (C=O) groups excluding carboxylic acids is 1. The molecule has 2 N–H and O–H groups in total. The molecule has 104 valence electrons. The first-order chi connectivity index (χ1) is 9.47. The molecule has 2 aromatic carbocycles. The van der Waals surface area contributed by atoms with Crippen LogP contribution in [-0.4, -0.2) is 5.91 Å². The van der Waals surface area contributed by atoms with Gasteiger partial charge in [0, 0.05) is 0 Å². The Balaban J connectivity index is 2.13. The second-order valence-corrected chi connectivity index (χ2v) is 5.37. The minimum atomic E-state index is -0.375. The van der Waals surface area contributed by atoms with Crippen LogP contribution in [0.2, 0.25) is 10.0 Å². The number of hydrogen-bond donors (Lipinski definition) is 2. The van der Waals surface area contributed by atoms with Gasteiger partial charge >= 0.3 is 0 Å². The van der Waals surface area contributed by atoms with Crippen LogP contribution in [0.15, 0.2) is 36.4 Å². The molecule has 0 saturated carbocycles. The summed E-state index contributed by atoms with van der Waals surface area (Å²) in [7, 11) is 0. The summed E-state index contributed by atoms with van der Waals surface area (Å²) < 4.78 is 0. The molecule has 2 rings (SSSR count). The number of amides is 1. The quantitative estimate of drug-likeness (QED) is 0.827. The molecule has 20 heavy (non-hydrogen) atoms. The van der Waals surface area contributed by atoms with Gasteiger partial charge in [0.2, 0.25) is 0 Å². The van der Waals surface area contributed by atoms with Crippen LogP contribution < -0.4 is 10.9 Å². The zero-order chi connectivity index (χ0) is 14.7. The zero-order valence-electron chi connectivity index (χ0n) is 11.1. The molecule has 0 fully saturated rings. The van der Waals surface area contributed by atoms with E-state index in [1.807, 2.05) is 26.0 Å². The first-order valence-corrected chi connectivity index (χ1v) is 6.81. The fourth-order valence-corrected chi connectivity index (χ4v) is 2.52. The van der Waals surface area contributed by atoms with E-state index in [4.69, 9.17) is 23.2 Å². The van der Waals surface area contributed by atoms with Gasteiger partial charge in [0.25, 0.3) is 5.91 Å². The van der Waals surface area contributed by atoms with Crippen molar-refractivity contribution in [1.82, 2.24) is 5.43 Å². The van der Waals surface area contributed by atoms with Gasteiger partial charge in [-0.15, -0.1) is 0 Å². The minimum absolute atomic E-state index is 0.257. The Kier molecular flexibility index (Phi) is 4.53. The molecule has 5 heteroatoms. The summed E-state index contributed by atoms with van der Waals surface area (Å²) in [5.74, 6) is -0.375. The zero-order valence-corrected chi connectivity index (χ0v) is 12.6. The van der Waals surface area contributed by atoms with E-state index in [-0.39, 0.29) is 11.5 Å². The Morgan fingerprint density at radius 1 is 1.00 bits per heavy atom. The summed E-state index contributed by atoms with van der Waals surface area (Å²) in [6.07, 6.45) is 0. The summed E-state index contributed by atoms with van der Waals surface area (Å²) in [5.41, 5.74) is 8.74. The van der Waals surface area contributed by atoms with Gasteiger partial charge in [0.05, 0.1) is 21.3 Å². The van der Waals surface area contributed by atoms with Crippen molar-refractivity contribution in [2.24, 2.45) is 0 Å². The van der Waals surface area contributed by atoms with Crippen molar-refractivity contribution in [3.05, 3.63) is 63.1 Å². The third-order valence-corrected chi connectivity index (χ3v) is 3.36. The third kappa shape index (κ3) is 3.44. The topological polar surface area (TPSA) is 41.1 Å².